The van der Waals surface area contributed by atoms with Gasteiger partial charge in [-0.1, -0.05) is 18.2 Å². The van der Waals surface area contributed by atoms with Gasteiger partial charge >= 0.3 is 0 Å². The lowest BCUT2D eigenvalue weighted by molar-refractivity contribution is 0.983. The van der Waals surface area contributed by atoms with Crippen LogP contribution in [0, 0.1) is 0 Å². The Kier molecular flexibility index (Phi) is 6.98. The molecule has 0 bridgehead atoms. The summed E-state index contributed by atoms with van der Waals surface area (Å²) in [6.07, 6.45) is 9.35. The number of hydrogen-bond acceptors (Lipinski definition) is 1. The predicted molar refractivity (Wildman–Crippen MR) is 42.2 cm³/mol. The van der Waals surface area contributed by atoms with Crippen LogP contribution < -0.4 is 5.73 Å². The van der Waals surface area contributed by atoms with Crippen molar-refractivity contribution in [1.29, 1.82) is 0 Å². The van der Waals surface area contributed by atoms with Gasteiger partial charge in [-0.25, -0.2) is 0 Å². The maximum atomic E-state index is 5.27. The SMILES string of the molecule is C=CCC/C=C\CCN. The number of unbranched alkanes of at least 4 members (excludes halogenated alkanes) is 1. The van der Waals surface area contributed by atoms with Crippen molar-refractivity contribution >= 4 is 0 Å². The molecular weight excluding hydrogens is 110 g/mol. The molecule has 0 saturated carbocycles. The molecule has 0 radical (unpaired) electrons. The lowest BCUT2D eigenvalue weighted by atomic mass is 10.2. The fourth-order valence-corrected chi connectivity index (χ4v) is 0.546. The minimum Gasteiger partial charge on any atom is -0.330 e. The van der Waals surface area contributed by atoms with Crippen molar-refractivity contribution in [3.05, 3.63) is 24.8 Å². The van der Waals surface area contributed by atoms with Crippen molar-refractivity contribution in [2.24, 2.45) is 5.73 Å². The molecule has 1 heteroatoms. The smallest absolute Gasteiger partial charge is 0.00426 e. The Morgan fingerprint density at radius 3 is 2.33 bits per heavy atom. The van der Waals surface area contributed by atoms with E-state index in [1.807, 2.05) is 6.08 Å². The molecular formula is C8H15N. The average molecular weight is 125 g/mol. The highest BCUT2D eigenvalue weighted by atomic mass is 14.5. The van der Waals surface area contributed by atoms with Gasteiger partial charge in [0.1, 0.15) is 0 Å². The maximum absolute atomic E-state index is 5.27. The number of rotatable bonds is 5. The molecule has 0 amide bonds. The van der Waals surface area contributed by atoms with E-state index in [2.05, 4.69) is 18.7 Å². The third kappa shape index (κ3) is 7.44. The molecule has 0 aliphatic carbocycles. The zero-order chi connectivity index (χ0) is 6.95. The van der Waals surface area contributed by atoms with Crippen molar-refractivity contribution in [3.8, 4) is 0 Å². The quantitative estimate of drug-likeness (QED) is 0.440. The van der Waals surface area contributed by atoms with E-state index in [9.17, 15) is 0 Å². The zero-order valence-electron chi connectivity index (χ0n) is 5.84. The van der Waals surface area contributed by atoms with Crippen LogP contribution in [0.5, 0.6) is 0 Å². The summed E-state index contributed by atoms with van der Waals surface area (Å²) in [6, 6.07) is 0. The average Bonchev–Trinajstić information content (AvgIpc) is 1.89. The summed E-state index contributed by atoms with van der Waals surface area (Å²) in [5, 5.41) is 0. The van der Waals surface area contributed by atoms with Crippen LogP contribution in [0.1, 0.15) is 19.3 Å². The van der Waals surface area contributed by atoms with Crippen molar-refractivity contribution < 1.29 is 0 Å². The molecule has 0 heterocycles. The molecule has 0 unspecified atom stereocenters. The summed E-state index contributed by atoms with van der Waals surface area (Å²) in [4.78, 5) is 0. The first-order valence-electron chi connectivity index (χ1n) is 3.37. The van der Waals surface area contributed by atoms with E-state index in [-0.39, 0.29) is 0 Å². The molecule has 0 rings (SSSR count). The van der Waals surface area contributed by atoms with Gasteiger partial charge in [0, 0.05) is 0 Å². The Balaban J connectivity index is 2.94. The van der Waals surface area contributed by atoms with Gasteiger partial charge in [-0.05, 0) is 25.8 Å². The van der Waals surface area contributed by atoms with Crippen LogP contribution in [0.3, 0.4) is 0 Å². The lowest BCUT2D eigenvalue weighted by Gasteiger charge is -1.84. The Bertz CT molecular complexity index is 84.6. The predicted octanol–water partition coefficient (Wildman–Crippen LogP) is 1.86. The van der Waals surface area contributed by atoms with Crippen molar-refractivity contribution in [3.63, 3.8) is 0 Å². The Labute approximate surface area is 57.3 Å². The molecule has 1 nitrogen and oxygen atoms in total. The topological polar surface area (TPSA) is 26.0 Å². The van der Waals surface area contributed by atoms with Crippen LogP contribution in [-0.2, 0) is 0 Å². The molecule has 0 aromatic rings. The summed E-state index contributed by atoms with van der Waals surface area (Å²) in [5.74, 6) is 0. The fourth-order valence-electron chi connectivity index (χ4n) is 0.546. The largest absolute Gasteiger partial charge is 0.330 e. The van der Waals surface area contributed by atoms with Crippen LogP contribution in [0.2, 0.25) is 0 Å². The molecule has 0 aliphatic rings. The van der Waals surface area contributed by atoms with Gasteiger partial charge < -0.3 is 5.73 Å². The first-order chi connectivity index (χ1) is 4.41. The molecule has 0 aliphatic heterocycles. The molecule has 0 fully saturated rings. The number of allylic oxidation sites excluding steroid dienone is 2. The third-order valence-electron chi connectivity index (χ3n) is 1.04. The fraction of sp³-hybridized carbons (Fsp3) is 0.500. The van der Waals surface area contributed by atoms with Crippen molar-refractivity contribution in [1.82, 2.24) is 0 Å². The van der Waals surface area contributed by atoms with Gasteiger partial charge in [0.05, 0.1) is 0 Å². The Morgan fingerprint density at radius 1 is 1.11 bits per heavy atom. The molecule has 52 valence electrons. The highest BCUT2D eigenvalue weighted by molar-refractivity contribution is 4.84. The van der Waals surface area contributed by atoms with E-state index >= 15 is 0 Å². The monoisotopic (exact) mass is 125 g/mol. The molecule has 0 aromatic heterocycles. The van der Waals surface area contributed by atoms with Crippen LogP contribution in [0.25, 0.3) is 0 Å². The maximum Gasteiger partial charge on any atom is -0.00426 e. The standard InChI is InChI=1S/C8H15N/c1-2-3-4-5-6-7-8-9/h2,5-6H,1,3-4,7-9H2/b6-5-. The van der Waals surface area contributed by atoms with E-state index in [1.54, 1.807) is 0 Å². The zero-order valence-corrected chi connectivity index (χ0v) is 5.84. The van der Waals surface area contributed by atoms with Crippen molar-refractivity contribution in [2.45, 2.75) is 19.3 Å². The van der Waals surface area contributed by atoms with E-state index in [1.165, 1.54) is 0 Å². The summed E-state index contributed by atoms with van der Waals surface area (Å²) in [7, 11) is 0. The van der Waals surface area contributed by atoms with Gasteiger partial charge in [0.2, 0.25) is 0 Å². The third-order valence-corrected chi connectivity index (χ3v) is 1.04. The van der Waals surface area contributed by atoms with Crippen LogP contribution in [-0.4, -0.2) is 6.54 Å². The van der Waals surface area contributed by atoms with Gasteiger partial charge in [0.25, 0.3) is 0 Å². The van der Waals surface area contributed by atoms with Gasteiger partial charge in [0.15, 0.2) is 0 Å². The summed E-state index contributed by atoms with van der Waals surface area (Å²) in [5.41, 5.74) is 5.27. The second-order valence-electron chi connectivity index (χ2n) is 1.91. The second kappa shape index (κ2) is 7.44. The minimum absolute atomic E-state index is 0.755. The summed E-state index contributed by atoms with van der Waals surface area (Å²) >= 11 is 0. The van der Waals surface area contributed by atoms with E-state index in [0.29, 0.717) is 0 Å². The Hall–Kier alpha value is -0.560. The first kappa shape index (κ1) is 8.44. The Morgan fingerprint density at radius 2 is 1.78 bits per heavy atom. The second-order valence-corrected chi connectivity index (χ2v) is 1.91. The molecule has 9 heavy (non-hydrogen) atoms. The summed E-state index contributed by atoms with van der Waals surface area (Å²) < 4.78 is 0. The van der Waals surface area contributed by atoms with Gasteiger partial charge in [-0.15, -0.1) is 6.58 Å². The normalized spacial score (nSPS) is 10.3. The lowest BCUT2D eigenvalue weighted by Crippen LogP contribution is -1.94. The number of hydrogen-bond donors (Lipinski definition) is 1. The molecule has 0 saturated heterocycles. The molecule has 0 atom stereocenters. The van der Waals surface area contributed by atoms with Crippen LogP contribution in [0.15, 0.2) is 24.8 Å². The van der Waals surface area contributed by atoms with E-state index in [0.717, 1.165) is 25.8 Å². The number of nitrogens with two attached hydrogens (primary N) is 1. The summed E-state index contributed by atoms with van der Waals surface area (Å²) in [6.45, 7) is 4.37. The minimum atomic E-state index is 0.755. The highest BCUT2D eigenvalue weighted by Gasteiger charge is 1.73. The first-order valence-corrected chi connectivity index (χ1v) is 3.37. The van der Waals surface area contributed by atoms with Crippen LogP contribution >= 0.6 is 0 Å². The molecule has 0 aromatic carbocycles. The van der Waals surface area contributed by atoms with E-state index in [4.69, 9.17) is 5.73 Å². The van der Waals surface area contributed by atoms with Gasteiger partial charge in [-0.3, -0.25) is 0 Å². The molecule has 0 spiro atoms. The van der Waals surface area contributed by atoms with Crippen LogP contribution in [0.4, 0.5) is 0 Å². The molecule has 2 N–H and O–H groups in total. The van der Waals surface area contributed by atoms with Gasteiger partial charge in [-0.2, -0.15) is 0 Å². The highest BCUT2D eigenvalue weighted by Crippen LogP contribution is 1.91. The van der Waals surface area contributed by atoms with E-state index < -0.39 is 0 Å². The van der Waals surface area contributed by atoms with Crippen molar-refractivity contribution in [2.75, 3.05) is 6.54 Å².